The number of halogens is 1. The van der Waals surface area contributed by atoms with Crippen LogP contribution in [-0.2, 0) is 0 Å². The molecule has 0 aliphatic rings. The summed E-state index contributed by atoms with van der Waals surface area (Å²) in [6, 6.07) is 17.9. The van der Waals surface area contributed by atoms with E-state index >= 15 is 0 Å². The van der Waals surface area contributed by atoms with Gasteiger partial charge in [0.2, 0.25) is 6.23 Å². The number of aliphatic hydroxyl groups excluding tert-OH is 1. The second-order valence-electron chi connectivity index (χ2n) is 6.84. The first kappa shape index (κ1) is 18.4. The maximum atomic E-state index is 10.8. The predicted molar refractivity (Wildman–Crippen MR) is 102 cm³/mol. The summed E-state index contributed by atoms with van der Waals surface area (Å²) in [4.78, 5) is 3.96. The lowest BCUT2D eigenvalue weighted by Gasteiger charge is -2.34. The lowest BCUT2D eigenvalue weighted by molar-refractivity contribution is -0.0718. The van der Waals surface area contributed by atoms with Gasteiger partial charge in [-0.2, -0.15) is 5.10 Å². The van der Waals surface area contributed by atoms with Crippen LogP contribution in [0.1, 0.15) is 20.1 Å². The van der Waals surface area contributed by atoms with Crippen molar-refractivity contribution >= 4 is 11.6 Å². The molecule has 6 heteroatoms. The van der Waals surface area contributed by atoms with Crippen LogP contribution in [0.4, 0.5) is 0 Å². The van der Waals surface area contributed by atoms with E-state index < -0.39 is 17.7 Å². The van der Waals surface area contributed by atoms with E-state index in [1.807, 2.05) is 56.3 Å². The number of rotatable bonds is 7. The Bertz CT molecular complexity index is 805. The van der Waals surface area contributed by atoms with Crippen LogP contribution in [-0.4, -0.2) is 31.9 Å². The molecule has 1 aromatic heterocycles. The quantitative estimate of drug-likeness (QED) is 0.634. The average molecular weight is 372 g/mol. The number of hydrogen-bond acceptors (Lipinski definition) is 4. The minimum absolute atomic E-state index is 0.287. The molecule has 26 heavy (non-hydrogen) atoms. The molecule has 3 aromatic rings. The second-order valence-corrected chi connectivity index (χ2v) is 7.11. The summed E-state index contributed by atoms with van der Waals surface area (Å²) in [6.45, 7) is 3.77. The van der Waals surface area contributed by atoms with E-state index in [9.17, 15) is 5.11 Å². The summed E-state index contributed by atoms with van der Waals surface area (Å²) in [6.07, 6.45) is 1.34. The zero-order valence-corrected chi connectivity index (χ0v) is 15.5. The average Bonchev–Trinajstić information content (AvgIpc) is 3.21. The highest BCUT2D eigenvalue weighted by molar-refractivity contribution is 6.18. The fraction of sp³-hybridized carbons (Fsp3) is 0.300. The van der Waals surface area contributed by atoms with Crippen LogP contribution in [0.15, 0.2) is 67.3 Å². The van der Waals surface area contributed by atoms with E-state index in [4.69, 9.17) is 16.3 Å². The lowest BCUT2D eigenvalue weighted by Crippen LogP contribution is -2.41. The van der Waals surface area contributed by atoms with Gasteiger partial charge in [-0.15, -0.1) is 11.6 Å². The van der Waals surface area contributed by atoms with Crippen molar-refractivity contribution in [2.75, 3.05) is 5.88 Å². The highest BCUT2D eigenvalue weighted by atomic mass is 35.5. The van der Waals surface area contributed by atoms with Gasteiger partial charge in [-0.25, -0.2) is 9.67 Å². The Morgan fingerprint density at radius 3 is 2.31 bits per heavy atom. The van der Waals surface area contributed by atoms with Crippen LogP contribution in [0.5, 0.6) is 5.75 Å². The molecule has 0 fully saturated rings. The Morgan fingerprint density at radius 1 is 1.08 bits per heavy atom. The summed E-state index contributed by atoms with van der Waals surface area (Å²) < 4.78 is 7.56. The smallest absolute Gasteiger partial charge is 0.219 e. The molecule has 2 unspecified atom stereocenters. The first-order valence-electron chi connectivity index (χ1n) is 8.41. The number of alkyl halides is 1. The summed E-state index contributed by atoms with van der Waals surface area (Å²) in [7, 11) is 0. The molecule has 0 amide bonds. The van der Waals surface area contributed by atoms with Crippen LogP contribution in [0.25, 0.3) is 11.1 Å². The van der Waals surface area contributed by atoms with Crippen molar-refractivity contribution in [3.63, 3.8) is 0 Å². The number of benzene rings is 2. The van der Waals surface area contributed by atoms with Gasteiger partial charge in [0.1, 0.15) is 24.5 Å². The molecule has 1 heterocycles. The molecule has 0 saturated heterocycles. The molecule has 0 aliphatic carbocycles. The number of aromatic nitrogens is 3. The molecule has 136 valence electrons. The molecule has 2 aromatic carbocycles. The summed E-state index contributed by atoms with van der Waals surface area (Å²) >= 11 is 6.02. The van der Waals surface area contributed by atoms with Crippen molar-refractivity contribution < 1.29 is 9.84 Å². The fourth-order valence-electron chi connectivity index (χ4n) is 2.57. The first-order valence-corrected chi connectivity index (χ1v) is 8.95. The summed E-state index contributed by atoms with van der Waals surface area (Å²) in [5.74, 6) is 0.921. The van der Waals surface area contributed by atoms with Gasteiger partial charge >= 0.3 is 0 Å². The monoisotopic (exact) mass is 371 g/mol. The van der Waals surface area contributed by atoms with Crippen LogP contribution in [0.3, 0.4) is 0 Å². The third kappa shape index (κ3) is 4.06. The van der Waals surface area contributed by atoms with Crippen LogP contribution in [0, 0.1) is 5.41 Å². The standard InChI is InChI=1S/C20H22ClN3O2/c1-20(2,12-21)18(25)19(24-14-22-13-23-24)26-17-10-8-16(9-11-17)15-6-4-3-5-7-15/h3-11,13-14,18-19,25H,12H2,1-2H3. The number of nitrogens with zero attached hydrogens (tertiary/aromatic N) is 3. The van der Waals surface area contributed by atoms with Gasteiger partial charge in [-0.3, -0.25) is 0 Å². The van der Waals surface area contributed by atoms with Gasteiger partial charge in [0.15, 0.2) is 0 Å². The molecule has 1 N–H and O–H groups in total. The molecular weight excluding hydrogens is 350 g/mol. The number of aliphatic hydroxyl groups is 1. The minimum atomic E-state index is -0.865. The molecule has 0 bridgehead atoms. The van der Waals surface area contributed by atoms with Crippen LogP contribution in [0.2, 0.25) is 0 Å². The zero-order valence-electron chi connectivity index (χ0n) is 14.8. The zero-order chi connectivity index (χ0) is 18.6. The lowest BCUT2D eigenvalue weighted by atomic mass is 9.87. The maximum Gasteiger partial charge on any atom is 0.219 e. The van der Waals surface area contributed by atoms with Gasteiger partial charge in [-0.1, -0.05) is 56.3 Å². The van der Waals surface area contributed by atoms with E-state index in [0.717, 1.165) is 11.1 Å². The topological polar surface area (TPSA) is 60.2 Å². The van der Waals surface area contributed by atoms with Gasteiger partial charge in [-0.05, 0) is 23.3 Å². The molecule has 5 nitrogen and oxygen atoms in total. The molecule has 0 aliphatic heterocycles. The number of ether oxygens (including phenoxy) is 1. The largest absolute Gasteiger partial charge is 0.466 e. The Hall–Kier alpha value is -2.37. The SMILES string of the molecule is CC(C)(CCl)C(O)C(Oc1ccc(-c2ccccc2)cc1)n1cncn1. The van der Waals surface area contributed by atoms with Gasteiger partial charge in [0.05, 0.1) is 0 Å². The minimum Gasteiger partial charge on any atom is -0.466 e. The molecular formula is C20H22ClN3O2. The van der Waals surface area contributed by atoms with E-state index in [0.29, 0.717) is 5.75 Å². The van der Waals surface area contributed by atoms with E-state index in [1.54, 1.807) is 0 Å². The fourth-order valence-corrected chi connectivity index (χ4v) is 2.73. The molecule has 2 atom stereocenters. The predicted octanol–water partition coefficient (Wildman–Crippen LogP) is 4.15. The van der Waals surface area contributed by atoms with Gasteiger partial charge < -0.3 is 9.84 Å². The van der Waals surface area contributed by atoms with Crippen molar-refractivity contribution in [2.45, 2.75) is 26.2 Å². The third-order valence-electron chi connectivity index (χ3n) is 4.33. The summed E-state index contributed by atoms with van der Waals surface area (Å²) in [5, 5.41) is 14.9. The molecule has 0 radical (unpaired) electrons. The van der Waals surface area contributed by atoms with Gasteiger partial charge in [0.25, 0.3) is 0 Å². The Labute approximate surface area is 158 Å². The highest BCUT2D eigenvalue weighted by Crippen LogP contribution is 2.32. The summed E-state index contributed by atoms with van der Waals surface area (Å²) in [5.41, 5.74) is 1.68. The van der Waals surface area contributed by atoms with Crippen molar-refractivity contribution in [1.29, 1.82) is 0 Å². The van der Waals surface area contributed by atoms with Crippen molar-refractivity contribution in [2.24, 2.45) is 5.41 Å². The molecule has 0 spiro atoms. The van der Waals surface area contributed by atoms with Crippen molar-refractivity contribution in [1.82, 2.24) is 14.8 Å². The first-order chi connectivity index (χ1) is 12.5. The third-order valence-corrected chi connectivity index (χ3v) is 5.02. The highest BCUT2D eigenvalue weighted by Gasteiger charge is 2.36. The molecule has 3 rings (SSSR count). The normalized spacial score (nSPS) is 14.0. The van der Waals surface area contributed by atoms with E-state index in [2.05, 4.69) is 22.2 Å². The van der Waals surface area contributed by atoms with Crippen molar-refractivity contribution in [3.8, 4) is 16.9 Å². The Kier molecular flexibility index (Phi) is 5.59. The Balaban J connectivity index is 1.83. The Morgan fingerprint density at radius 2 is 1.73 bits per heavy atom. The second kappa shape index (κ2) is 7.89. The number of hydrogen-bond donors (Lipinski definition) is 1. The van der Waals surface area contributed by atoms with Crippen molar-refractivity contribution in [3.05, 3.63) is 67.3 Å². The van der Waals surface area contributed by atoms with E-state index in [-0.39, 0.29) is 5.88 Å². The van der Waals surface area contributed by atoms with Crippen LogP contribution >= 0.6 is 11.6 Å². The van der Waals surface area contributed by atoms with Gasteiger partial charge in [0, 0.05) is 11.3 Å². The molecule has 0 saturated carbocycles. The maximum absolute atomic E-state index is 10.8. The van der Waals surface area contributed by atoms with Crippen LogP contribution < -0.4 is 4.74 Å². The van der Waals surface area contributed by atoms with E-state index in [1.165, 1.54) is 17.3 Å².